The summed E-state index contributed by atoms with van der Waals surface area (Å²) in [5.41, 5.74) is 3.38. The summed E-state index contributed by atoms with van der Waals surface area (Å²) < 4.78 is 57.7. The van der Waals surface area contributed by atoms with Crippen LogP contribution in [0.2, 0.25) is 0 Å². The first kappa shape index (κ1) is 25.3. The van der Waals surface area contributed by atoms with Crippen LogP contribution in [0.15, 0.2) is 61.1 Å². The first-order valence-electron chi connectivity index (χ1n) is 11.9. The van der Waals surface area contributed by atoms with Gasteiger partial charge in [-0.25, -0.2) is 9.37 Å². The molecular weight excluding hydrogens is 504 g/mol. The molecule has 1 saturated heterocycles. The predicted molar refractivity (Wildman–Crippen MR) is 133 cm³/mol. The van der Waals surface area contributed by atoms with Crippen LogP contribution >= 0.6 is 0 Å². The van der Waals surface area contributed by atoms with E-state index in [1.54, 1.807) is 54.2 Å². The number of carbonyl (C=O) groups excluding carboxylic acids is 1. The minimum atomic E-state index is -4.73. The fourth-order valence-corrected chi connectivity index (χ4v) is 4.55. The van der Waals surface area contributed by atoms with Crippen LogP contribution in [0.4, 0.5) is 28.9 Å². The van der Waals surface area contributed by atoms with Crippen LogP contribution in [0.5, 0.6) is 5.75 Å². The normalized spacial score (nSPS) is 14.1. The molecule has 5 rings (SSSR count). The topological polar surface area (TPSA) is 75.0 Å². The van der Waals surface area contributed by atoms with Gasteiger partial charge in [-0.05, 0) is 48.9 Å². The maximum Gasteiger partial charge on any atom is 0.573 e. The van der Waals surface area contributed by atoms with Gasteiger partial charge < -0.3 is 19.9 Å². The van der Waals surface area contributed by atoms with E-state index in [1.807, 2.05) is 9.80 Å². The third kappa shape index (κ3) is 5.48. The number of ether oxygens (including phenoxy) is 1. The first-order chi connectivity index (χ1) is 18.2. The second-order valence-electron chi connectivity index (χ2n) is 8.83. The minimum absolute atomic E-state index is 0.148. The summed E-state index contributed by atoms with van der Waals surface area (Å²) in [4.78, 5) is 25.1. The molecule has 0 spiro atoms. The number of halogens is 4. The molecule has 198 valence electrons. The summed E-state index contributed by atoms with van der Waals surface area (Å²) in [5, 5.41) is 2.82. The van der Waals surface area contributed by atoms with Crippen molar-refractivity contribution in [1.82, 2.24) is 19.7 Å². The monoisotopic (exact) mass is 528 g/mol. The highest BCUT2D eigenvalue weighted by Gasteiger charge is 2.31. The average molecular weight is 529 g/mol. The van der Waals surface area contributed by atoms with Crippen molar-refractivity contribution in [2.24, 2.45) is 0 Å². The highest BCUT2D eigenvalue weighted by molar-refractivity contribution is 5.94. The Morgan fingerprint density at radius 1 is 1.05 bits per heavy atom. The standard InChI is InChI=1S/C26H24F4N6O2/c1-17-24(36-9-8-31-16-23(36)33-17)25(37)32-15-18-2-7-22(21(27)14-18)35-12-10-34(11-13-35)19-3-5-20(6-4-19)38-26(28,29)30/h2-9,14,16H,10-13,15H2,1H3,(H,32,37). The number of anilines is 2. The van der Waals surface area contributed by atoms with Gasteiger partial charge in [0.2, 0.25) is 0 Å². The van der Waals surface area contributed by atoms with Crippen molar-refractivity contribution in [2.45, 2.75) is 19.8 Å². The van der Waals surface area contributed by atoms with Crippen molar-refractivity contribution in [3.8, 4) is 5.75 Å². The Morgan fingerprint density at radius 2 is 1.76 bits per heavy atom. The summed E-state index contributed by atoms with van der Waals surface area (Å²) in [6, 6.07) is 10.6. The number of benzene rings is 2. The number of hydrogen-bond acceptors (Lipinski definition) is 6. The third-order valence-corrected chi connectivity index (χ3v) is 6.34. The molecule has 8 nitrogen and oxygen atoms in total. The van der Waals surface area contributed by atoms with Crippen molar-refractivity contribution >= 4 is 22.9 Å². The van der Waals surface area contributed by atoms with Crippen LogP contribution in [0.3, 0.4) is 0 Å². The lowest BCUT2D eigenvalue weighted by Crippen LogP contribution is -2.46. The molecule has 0 aliphatic carbocycles. The number of piperazine rings is 1. The van der Waals surface area contributed by atoms with Crippen molar-refractivity contribution in [1.29, 1.82) is 0 Å². The van der Waals surface area contributed by atoms with Crippen molar-refractivity contribution in [3.63, 3.8) is 0 Å². The molecule has 1 amide bonds. The Kier molecular flexibility index (Phi) is 6.79. The molecular formula is C26H24F4N6O2. The van der Waals surface area contributed by atoms with Gasteiger partial charge >= 0.3 is 6.36 Å². The Bertz CT molecular complexity index is 1450. The number of nitrogens with zero attached hydrogens (tertiary/aromatic N) is 5. The summed E-state index contributed by atoms with van der Waals surface area (Å²) in [6.07, 6.45) is 0.0726. The summed E-state index contributed by atoms with van der Waals surface area (Å²) >= 11 is 0. The molecule has 0 bridgehead atoms. The van der Waals surface area contributed by atoms with Crippen molar-refractivity contribution < 1.29 is 27.1 Å². The summed E-state index contributed by atoms with van der Waals surface area (Å²) in [6.45, 7) is 4.12. The molecule has 0 atom stereocenters. The van der Waals surface area contributed by atoms with Crippen molar-refractivity contribution in [3.05, 3.63) is 83.8 Å². The fraction of sp³-hybridized carbons (Fsp3) is 0.269. The molecule has 38 heavy (non-hydrogen) atoms. The Morgan fingerprint density at radius 3 is 2.45 bits per heavy atom. The van der Waals surface area contributed by atoms with E-state index in [1.165, 1.54) is 18.2 Å². The summed E-state index contributed by atoms with van der Waals surface area (Å²) in [7, 11) is 0. The second-order valence-corrected chi connectivity index (χ2v) is 8.83. The fourth-order valence-electron chi connectivity index (χ4n) is 4.55. The molecule has 2 aromatic heterocycles. The lowest BCUT2D eigenvalue weighted by molar-refractivity contribution is -0.274. The number of rotatable bonds is 6. The van der Waals surface area contributed by atoms with Crippen LogP contribution in [-0.4, -0.2) is 52.8 Å². The van der Waals surface area contributed by atoms with E-state index < -0.39 is 12.2 Å². The van der Waals surface area contributed by atoms with E-state index >= 15 is 4.39 Å². The third-order valence-electron chi connectivity index (χ3n) is 6.34. The molecule has 12 heteroatoms. The van der Waals surface area contributed by atoms with Crippen LogP contribution in [0.1, 0.15) is 21.7 Å². The zero-order valence-electron chi connectivity index (χ0n) is 20.4. The van der Waals surface area contributed by atoms with E-state index in [9.17, 15) is 18.0 Å². The maximum absolute atomic E-state index is 15.0. The van der Waals surface area contributed by atoms with Gasteiger partial charge in [-0.15, -0.1) is 13.2 Å². The zero-order valence-corrected chi connectivity index (χ0v) is 20.4. The number of alkyl halides is 3. The van der Waals surface area contributed by atoms with Gasteiger partial charge in [0.25, 0.3) is 5.91 Å². The number of aromatic nitrogens is 3. The van der Waals surface area contributed by atoms with Gasteiger partial charge in [-0.2, -0.15) is 0 Å². The largest absolute Gasteiger partial charge is 0.573 e. The molecule has 3 heterocycles. The molecule has 0 unspecified atom stereocenters. The average Bonchev–Trinajstić information content (AvgIpc) is 3.23. The Labute approximate surface area is 215 Å². The van der Waals surface area contributed by atoms with Gasteiger partial charge in [-0.3, -0.25) is 14.2 Å². The number of amides is 1. The Balaban J connectivity index is 1.17. The molecule has 4 aromatic rings. The molecule has 1 aliphatic heterocycles. The second kappa shape index (κ2) is 10.2. The van der Waals surface area contributed by atoms with Crippen LogP contribution in [0.25, 0.3) is 5.65 Å². The first-order valence-corrected chi connectivity index (χ1v) is 11.9. The molecule has 2 aromatic carbocycles. The summed E-state index contributed by atoms with van der Waals surface area (Å²) in [5.74, 6) is -0.986. The lowest BCUT2D eigenvalue weighted by atomic mass is 10.1. The zero-order chi connectivity index (χ0) is 26.9. The smallest absolute Gasteiger partial charge is 0.406 e. The maximum atomic E-state index is 15.0. The van der Waals surface area contributed by atoms with E-state index in [0.29, 0.717) is 54.5 Å². The number of fused-ring (bicyclic) bond motifs is 1. The van der Waals surface area contributed by atoms with E-state index in [2.05, 4.69) is 20.0 Å². The molecule has 0 saturated carbocycles. The predicted octanol–water partition coefficient (Wildman–Crippen LogP) is 4.33. The van der Waals surface area contributed by atoms with Crippen LogP contribution < -0.4 is 19.9 Å². The number of aryl methyl sites for hydroxylation is 1. The number of nitrogens with one attached hydrogen (secondary N) is 1. The molecule has 1 N–H and O–H groups in total. The molecule has 1 fully saturated rings. The lowest BCUT2D eigenvalue weighted by Gasteiger charge is -2.37. The molecule has 0 radical (unpaired) electrons. The van der Waals surface area contributed by atoms with Gasteiger partial charge in [0.15, 0.2) is 5.65 Å². The van der Waals surface area contributed by atoms with E-state index in [-0.39, 0.29) is 18.2 Å². The number of carbonyl (C=O) groups is 1. The van der Waals surface area contributed by atoms with Gasteiger partial charge in [-0.1, -0.05) is 6.07 Å². The quantitative estimate of drug-likeness (QED) is 0.376. The minimum Gasteiger partial charge on any atom is -0.406 e. The van der Waals surface area contributed by atoms with E-state index in [4.69, 9.17) is 0 Å². The van der Waals surface area contributed by atoms with Crippen LogP contribution in [-0.2, 0) is 6.54 Å². The van der Waals surface area contributed by atoms with Gasteiger partial charge in [0.05, 0.1) is 17.6 Å². The van der Waals surface area contributed by atoms with Crippen molar-refractivity contribution in [2.75, 3.05) is 36.0 Å². The number of hydrogen-bond donors (Lipinski definition) is 1. The highest BCUT2D eigenvalue weighted by atomic mass is 19.4. The Hall–Kier alpha value is -4.35. The molecule has 1 aliphatic rings. The highest BCUT2D eigenvalue weighted by Crippen LogP contribution is 2.27. The van der Waals surface area contributed by atoms with Crippen LogP contribution in [0, 0.1) is 12.7 Å². The van der Waals surface area contributed by atoms with Gasteiger partial charge in [0, 0.05) is 50.8 Å². The SMILES string of the molecule is Cc1nc2cnccn2c1C(=O)NCc1ccc(N2CCN(c3ccc(OC(F)(F)F)cc3)CC2)c(F)c1. The van der Waals surface area contributed by atoms with Gasteiger partial charge in [0.1, 0.15) is 17.3 Å². The van der Waals surface area contributed by atoms with E-state index in [0.717, 1.165) is 5.69 Å². The number of imidazole rings is 1.